The van der Waals surface area contributed by atoms with Crippen LogP contribution >= 0.6 is 0 Å². The topological polar surface area (TPSA) is 55.4 Å². The minimum absolute atomic E-state index is 0.00988. The Bertz CT molecular complexity index is 484. The van der Waals surface area contributed by atoms with E-state index in [2.05, 4.69) is 5.32 Å². The van der Waals surface area contributed by atoms with E-state index in [1.165, 1.54) is 0 Å². The Hall–Kier alpha value is -1.20. The van der Waals surface area contributed by atoms with E-state index < -0.39 is 11.1 Å². The Morgan fingerprint density at radius 3 is 3.07 bits per heavy atom. The summed E-state index contributed by atoms with van der Waals surface area (Å²) in [5.41, 5.74) is 2.88. The van der Waals surface area contributed by atoms with Gasteiger partial charge in [-0.3, -0.25) is 8.98 Å². The van der Waals surface area contributed by atoms with Gasteiger partial charge in [-0.05, 0) is 29.7 Å². The average Bonchev–Trinajstić information content (AvgIpc) is 2.59. The minimum Gasteiger partial charge on any atom is -0.326 e. The van der Waals surface area contributed by atoms with Crippen LogP contribution in [-0.2, 0) is 32.9 Å². The summed E-state index contributed by atoms with van der Waals surface area (Å²) in [6.07, 6.45) is 1.13. The molecule has 3 rings (SSSR count). The molecule has 2 aliphatic heterocycles. The van der Waals surface area contributed by atoms with Gasteiger partial charge in [0.25, 0.3) is 0 Å². The lowest BCUT2D eigenvalue weighted by Crippen LogP contribution is -2.14. The third-order valence-electron chi connectivity index (χ3n) is 2.72. The molecule has 1 aromatic carbocycles. The fraction of sp³-hybridized carbons (Fsp3) is 0.300. The highest BCUT2D eigenvalue weighted by Crippen LogP contribution is 2.33. The van der Waals surface area contributed by atoms with Crippen LogP contribution in [0.5, 0.6) is 0 Å². The van der Waals surface area contributed by atoms with Crippen molar-refractivity contribution < 1.29 is 13.2 Å². The fourth-order valence-electron chi connectivity index (χ4n) is 2.06. The third kappa shape index (κ3) is 1.31. The van der Waals surface area contributed by atoms with Crippen molar-refractivity contribution in [3.8, 4) is 0 Å². The van der Waals surface area contributed by atoms with Crippen molar-refractivity contribution >= 4 is 22.7 Å². The van der Waals surface area contributed by atoms with Gasteiger partial charge in [0, 0.05) is 5.69 Å². The Balaban J connectivity index is 2.20. The van der Waals surface area contributed by atoms with Gasteiger partial charge in [0.2, 0.25) is 5.91 Å². The first-order valence-corrected chi connectivity index (χ1v) is 5.83. The summed E-state index contributed by atoms with van der Waals surface area (Å²) in [7, 11) is 0. The monoisotopic (exact) mass is 223 g/mol. The van der Waals surface area contributed by atoms with Crippen molar-refractivity contribution in [1.29, 1.82) is 0 Å². The average molecular weight is 223 g/mol. The van der Waals surface area contributed by atoms with Gasteiger partial charge >= 0.3 is 0 Å². The second-order valence-electron chi connectivity index (χ2n) is 3.60. The van der Waals surface area contributed by atoms with E-state index in [1.807, 2.05) is 0 Å². The molecule has 1 unspecified atom stereocenters. The van der Waals surface area contributed by atoms with Gasteiger partial charge in [-0.2, -0.15) is 0 Å². The molecule has 0 spiro atoms. The van der Waals surface area contributed by atoms with Crippen LogP contribution in [0.2, 0.25) is 0 Å². The molecule has 0 saturated carbocycles. The Morgan fingerprint density at radius 2 is 2.20 bits per heavy atom. The lowest BCUT2D eigenvalue weighted by molar-refractivity contribution is -0.115. The first-order chi connectivity index (χ1) is 7.25. The second-order valence-corrected chi connectivity index (χ2v) is 4.74. The maximum Gasteiger partial charge on any atom is 0.228 e. The number of hydrogen-bond acceptors (Lipinski definition) is 3. The summed E-state index contributed by atoms with van der Waals surface area (Å²) in [6, 6.07) is 3.57. The number of nitrogens with one attached hydrogen (secondary N) is 1. The van der Waals surface area contributed by atoms with Gasteiger partial charge < -0.3 is 5.32 Å². The standard InChI is InChI=1S/C10H9NO3S/c12-10-5-7-6-3-4-14-15(13)9(6)2-1-8(7)11-10/h1-2H,3-5H2,(H,11,12). The molecular formula is C10H9NO3S. The summed E-state index contributed by atoms with van der Waals surface area (Å²) >= 11 is -1.36. The summed E-state index contributed by atoms with van der Waals surface area (Å²) in [5.74, 6) is 0.00988. The molecule has 0 aromatic heterocycles. The van der Waals surface area contributed by atoms with Gasteiger partial charge in [-0.15, -0.1) is 0 Å². The van der Waals surface area contributed by atoms with Crippen LogP contribution in [-0.4, -0.2) is 16.7 Å². The molecule has 1 N–H and O–H groups in total. The second kappa shape index (κ2) is 3.15. The number of fused-ring (bicyclic) bond motifs is 3. The third-order valence-corrected chi connectivity index (χ3v) is 3.84. The van der Waals surface area contributed by atoms with Crippen LogP contribution in [0.3, 0.4) is 0 Å². The maximum absolute atomic E-state index is 11.6. The molecule has 1 amide bonds. The van der Waals surface area contributed by atoms with Crippen molar-refractivity contribution in [2.75, 3.05) is 11.9 Å². The van der Waals surface area contributed by atoms with Gasteiger partial charge in [0.15, 0.2) is 11.1 Å². The smallest absolute Gasteiger partial charge is 0.228 e. The molecule has 0 fully saturated rings. The van der Waals surface area contributed by atoms with Crippen LogP contribution < -0.4 is 5.32 Å². The van der Waals surface area contributed by atoms with Crippen molar-refractivity contribution in [2.45, 2.75) is 17.7 Å². The van der Waals surface area contributed by atoms with E-state index in [0.717, 1.165) is 28.1 Å². The Labute approximate surface area is 89.3 Å². The van der Waals surface area contributed by atoms with Crippen molar-refractivity contribution in [3.05, 3.63) is 23.3 Å². The molecule has 5 heteroatoms. The molecule has 0 aliphatic carbocycles. The molecule has 4 nitrogen and oxygen atoms in total. The molecule has 0 saturated heterocycles. The SMILES string of the molecule is O=C1Cc2c(ccc3c2CCOS3=O)N1. The Morgan fingerprint density at radius 1 is 1.33 bits per heavy atom. The van der Waals surface area contributed by atoms with Crippen molar-refractivity contribution in [2.24, 2.45) is 0 Å². The quantitative estimate of drug-likeness (QED) is 0.707. The number of rotatable bonds is 0. The zero-order chi connectivity index (χ0) is 10.4. The van der Waals surface area contributed by atoms with Crippen LogP contribution in [0.25, 0.3) is 0 Å². The van der Waals surface area contributed by atoms with Crippen LogP contribution in [0, 0.1) is 0 Å². The number of carbonyl (C=O) groups is 1. The van der Waals surface area contributed by atoms with E-state index in [-0.39, 0.29) is 5.91 Å². The molecule has 0 radical (unpaired) electrons. The molecule has 2 aliphatic rings. The van der Waals surface area contributed by atoms with Gasteiger partial charge in [0.1, 0.15) is 0 Å². The van der Waals surface area contributed by atoms with E-state index in [0.29, 0.717) is 13.0 Å². The van der Waals surface area contributed by atoms with Crippen LogP contribution in [0.1, 0.15) is 11.1 Å². The lowest BCUT2D eigenvalue weighted by atomic mass is 10.0. The van der Waals surface area contributed by atoms with E-state index >= 15 is 0 Å². The predicted molar refractivity (Wildman–Crippen MR) is 54.8 cm³/mol. The summed E-state index contributed by atoms with van der Waals surface area (Å²) in [6.45, 7) is 0.463. The predicted octanol–water partition coefficient (Wildman–Crippen LogP) is 0.776. The van der Waals surface area contributed by atoms with E-state index in [1.54, 1.807) is 12.1 Å². The molecular weight excluding hydrogens is 214 g/mol. The number of anilines is 1. The largest absolute Gasteiger partial charge is 0.326 e. The highest BCUT2D eigenvalue weighted by Gasteiger charge is 2.27. The zero-order valence-corrected chi connectivity index (χ0v) is 8.73. The van der Waals surface area contributed by atoms with E-state index in [9.17, 15) is 9.00 Å². The summed E-state index contributed by atoms with van der Waals surface area (Å²) < 4.78 is 16.6. The number of carbonyl (C=O) groups excluding carboxylic acids is 1. The minimum atomic E-state index is -1.36. The van der Waals surface area contributed by atoms with Crippen LogP contribution in [0.15, 0.2) is 17.0 Å². The molecule has 2 heterocycles. The number of benzene rings is 1. The maximum atomic E-state index is 11.6. The first kappa shape index (κ1) is 9.06. The van der Waals surface area contributed by atoms with Gasteiger partial charge in [0.05, 0.1) is 17.9 Å². The fourth-order valence-corrected chi connectivity index (χ4v) is 3.03. The molecule has 1 aromatic rings. The molecule has 15 heavy (non-hydrogen) atoms. The highest BCUT2D eigenvalue weighted by molar-refractivity contribution is 7.80. The van der Waals surface area contributed by atoms with Gasteiger partial charge in [-0.25, -0.2) is 4.21 Å². The summed E-state index contributed by atoms with van der Waals surface area (Å²) in [5, 5.41) is 2.78. The molecule has 0 bridgehead atoms. The lowest BCUT2D eigenvalue weighted by Gasteiger charge is -2.17. The molecule has 1 atom stereocenters. The normalized spacial score (nSPS) is 23.2. The van der Waals surface area contributed by atoms with Crippen LogP contribution in [0.4, 0.5) is 5.69 Å². The van der Waals surface area contributed by atoms with E-state index in [4.69, 9.17) is 4.18 Å². The molecule has 78 valence electrons. The summed E-state index contributed by atoms with van der Waals surface area (Å²) in [4.78, 5) is 12.0. The van der Waals surface area contributed by atoms with Gasteiger partial charge in [-0.1, -0.05) is 0 Å². The first-order valence-electron chi connectivity index (χ1n) is 4.75. The highest BCUT2D eigenvalue weighted by atomic mass is 32.2. The number of hydrogen-bond donors (Lipinski definition) is 1. The number of amides is 1. The van der Waals surface area contributed by atoms with Crippen molar-refractivity contribution in [1.82, 2.24) is 0 Å². The Kier molecular flexibility index (Phi) is 1.90. The zero-order valence-electron chi connectivity index (χ0n) is 7.91. The van der Waals surface area contributed by atoms with Crippen molar-refractivity contribution in [3.63, 3.8) is 0 Å².